The molecule has 0 heterocycles. The first-order valence-electron chi connectivity index (χ1n) is 3.59. The summed E-state index contributed by atoms with van der Waals surface area (Å²) in [5.74, 6) is -2.24. The summed E-state index contributed by atoms with van der Waals surface area (Å²) >= 11 is 2.78. The number of alkyl halides is 3. The highest BCUT2D eigenvalue weighted by atomic mass is 79.9. The topological polar surface area (TPSA) is 46.5 Å². The molecule has 0 spiro atoms. The average Bonchev–Trinajstić information content (AvgIpc) is 2.05. The Morgan fingerprint density at radius 2 is 2.00 bits per heavy atom. The zero-order chi connectivity index (χ0) is 11.6. The van der Waals surface area contributed by atoms with E-state index < -0.39 is 23.6 Å². The molecular weight excluding hydrogens is 281 g/mol. The molecule has 15 heavy (non-hydrogen) atoms. The average molecular weight is 285 g/mol. The van der Waals surface area contributed by atoms with E-state index in [1.807, 2.05) is 0 Å². The molecule has 82 valence electrons. The molecule has 0 amide bonds. The van der Waals surface area contributed by atoms with Crippen molar-refractivity contribution < 1.29 is 27.8 Å². The van der Waals surface area contributed by atoms with Crippen molar-refractivity contribution in [2.45, 2.75) is 6.36 Å². The lowest BCUT2D eigenvalue weighted by Crippen LogP contribution is -2.19. The lowest BCUT2D eigenvalue weighted by Gasteiger charge is -2.12. The molecule has 0 aromatic heterocycles. The van der Waals surface area contributed by atoms with Crippen LogP contribution in [0.1, 0.15) is 10.4 Å². The lowest BCUT2D eigenvalue weighted by molar-refractivity contribution is -0.275. The highest BCUT2D eigenvalue weighted by molar-refractivity contribution is 9.10. The molecule has 1 aromatic rings. The van der Waals surface area contributed by atoms with Crippen LogP contribution in [0, 0.1) is 0 Å². The minimum absolute atomic E-state index is 0.0697. The molecule has 0 aliphatic heterocycles. The van der Waals surface area contributed by atoms with Gasteiger partial charge in [-0.2, -0.15) is 0 Å². The second-order valence-corrected chi connectivity index (χ2v) is 3.32. The SMILES string of the molecule is O=C(O)c1cccc(Br)c1OC(F)(F)F. The van der Waals surface area contributed by atoms with Crippen LogP contribution in [-0.2, 0) is 0 Å². The van der Waals surface area contributed by atoms with Gasteiger partial charge in [0, 0.05) is 0 Å². The molecule has 0 fully saturated rings. The molecule has 0 aliphatic carbocycles. The smallest absolute Gasteiger partial charge is 0.478 e. The van der Waals surface area contributed by atoms with Crippen molar-refractivity contribution in [3.63, 3.8) is 0 Å². The van der Waals surface area contributed by atoms with Crippen molar-refractivity contribution in [2.75, 3.05) is 0 Å². The molecule has 1 rings (SSSR count). The molecule has 0 saturated heterocycles. The van der Waals surface area contributed by atoms with Crippen molar-refractivity contribution in [3.8, 4) is 5.75 Å². The molecule has 0 atom stereocenters. The van der Waals surface area contributed by atoms with E-state index in [0.29, 0.717) is 0 Å². The van der Waals surface area contributed by atoms with Gasteiger partial charge in [0.25, 0.3) is 0 Å². The Kier molecular flexibility index (Phi) is 3.23. The fraction of sp³-hybridized carbons (Fsp3) is 0.125. The highest BCUT2D eigenvalue weighted by Gasteiger charge is 2.34. The third kappa shape index (κ3) is 3.12. The van der Waals surface area contributed by atoms with Gasteiger partial charge in [0.2, 0.25) is 0 Å². The van der Waals surface area contributed by atoms with Gasteiger partial charge in [0.1, 0.15) is 5.56 Å². The minimum Gasteiger partial charge on any atom is -0.478 e. The van der Waals surface area contributed by atoms with E-state index in [0.717, 1.165) is 6.07 Å². The minimum atomic E-state index is -4.92. The van der Waals surface area contributed by atoms with Gasteiger partial charge in [-0.15, -0.1) is 13.2 Å². The van der Waals surface area contributed by atoms with E-state index in [4.69, 9.17) is 5.11 Å². The number of carbonyl (C=O) groups is 1. The lowest BCUT2D eigenvalue weighted by atomic mass is 10.2. The number of carboxylic acids is 1. The predicted molar refractivity (Wildman–Crippen MR) is 47.8 cm³/mol. The van der Waals surface area contributed by atoms with Crippen LogP contribution in [0.3, 0.4) is 0 Å². The molecule has 0 aliphatic rings. The summed E-state index contributed by atoms with van der Waals surface area (Å²) in [6, 6.07) is 3.58. The van der Waals surface area contributed by atoms with Gasteiger partial charge in [-0.05, 0) is 28.1 Å². The van der Waals surface area contributed by atoms with Gasteiger partial charge in [0.15, 0.2) is 5.75 Å². The zero-order valence-electron chi connectivity index (χ0n) is 7.01. The fourth-order valence-corrected chi connectivity index (χ4v) is 1.34. The second-order valence-electron chi connectivity index (χ2n) is 2.47. The van der Waals surface area contributed by atoms with E-state index in [1.165, 1.54) is 12.1 Å². The summed E-state index contributed by atoms with van der Waals surface area (Å²) in [5.41, 5.74) is -0.554. The standard InChI is InChI=1S/C8H4BrF3O3/c9-5-3-1-2-4(7(13)14)6(5)15-8(10,11)12/h1-3H,(H,13,14). The van der Waals surface area contributed by atoms with Gasteiger partial charge in [-0.1, -0.05) is 6.07 Å². The van der Waals surface area contributed by atoms with E-state index in [9.17, 15) is 18.0 Å². The second kappa shape index (κ2) is 4.09. The molecule has 7 heteroatoms. The Morgan fingerprint density at radius 1 is 1.40 bits per heavy atom. The van der Waals surface area contributed by atoms with Gasteiger partial charge in [-0.25, -0.2) is 4.79 Å². The monoisotopic (exact) mass is 284 g/mol. The van der Waals surface area contributed by atoms with E-state index in [-0.39, 0.29) is 4.47 Å². The van der Waals surface area contributed by atoms with Crippen molar-refractivity contribution >= 4 is 21.9 Å². The molecule has 0 saturated carbocycles. The van der Waals surface area contributed by atoms with Gasteiger partial charge in [-0.3, -0.25) is 0 Å². The van der Waals surface area contributed by atoms with Crippen molar-refractivity contribution in [1.29, 1.82) is 0 Å². The van der Waals surface area contributed by atoms with E-state index >= 15 is 0 Å². The molecular formula is C8H4BrF3O3. The predicted octanol–water partition coefficient (Wildman–Crippen LogP) is 3.05. The quantitative estimate of drug-likeness (QED) is 0.908. The number of ether oxygens (including phenoxy) is 1. The van der Waals surface area contributed by atoms with Crippen LogP contribution in [0.2, 0.25) is 0 Å². The Balaban J connectivity index is 3.19. The Bertz CT molecular complexity index is 389. The third-order valence-corrected chi connectivity index (χ3v) is 2.04. The molecule has 0 radical (unpaired) electrons. The van der Waals surface area contributed by atoms with Crippen LogP contribution in [-0.4, -0.2) is 17.4 Å². The maximum absolute atomic E-state index is 11.9. The van der Waals surface area contributed by atoms with Crippen LogP contribution in [0.5, 0.6) is 5.75 Å². The summed E-state index contributed by atoms with van der Waals surface area (Å²) in [5, 5.41) is 8.62. The summed E-state index contributed by atoms with van der Waals surface area (Å²) in [6.45, 7) is 0. The van der Waals surface area contributed by atoms with Crippen LogP contribution in [0.15, 0.2) is 22.7 Å². The number of halogens is 4. The zero-order valence-corrected chi connectivity index (χ0v) is 8.59. The Hall–Kier alpha value is -1.24. The summed E-state index contributed by atoms with van der Waals surface area (Å²) in [6.07, 6.45) is -4.92. The van der Waals surface area contributed by atoms with E-state index in [1.54, 1.807) is 0 Å². The highest BCUT2D eigenvalue weighted by Crippen LogP contribution is 2.33. The molecule has 3 nitrogen and oxygen atoms in total. The molecule has 0 unspecified atom stereocenters. The maximum Gasteiger partial charge on any atom is 0.573 e. The number of hydrogen-bond acceptors (Lipinski definition) is 2. The fourth-order valence-electron chi connectivity index (χ4n) is 0.897. The Morgan fingerprint density at radius 3 is 2.47 bits per heavy atom. The van der Waals surface area contributed by atoms with Crippen molar-refractivity contribution in [2.24, 2.45) is 0 Å². The number of hydrogen-bond donors (Lipinski definition) is 1. The first-order chi connectivity index (χ1) is 6.81. The Labute approximate surface area is 90.6 Å². The van der Waals surface area contributed by atoms with Gasteiger partial charge in [0.05, 0.1) is 4.47 Å². The maximum atomic E-state index is 11.9. The van der Waals surface area contributed by atoms with E-state index in [2.05, 4.69) is 20.7 Å². The third-order valence-electron chi connectivity index (χ3n) is 1.42. The van der Waals surface area contributed by atoms with Crippen LogP contribution >= 0.6 is 15.9 Å². The number of benzene rings is 1. The summed E-state index contributed by atoms with van der Waals surface area (Å²) in [4.78, 5) is 10.6. The van der Waals surface area contributed by atoms with Crippen molar-refractivity contribution in [3.05, 3.63) is 28.2 Å². The van der Waals surface area contributed by atoms with Crippen molar-refractivity contribution in [1.82, 2.24) is 0 Å². The van der Waals surface area contributed by atoms with Gasteiger partial charge < -0.3 is 9.84 Å². The number of carboxylic acid groups (broad SMARTS) is 1. The number of para-hydroxylation sites is 1. The normalized spacial score (nSPS) is 11.2. The van der Waals surface area contributed by atoms with Crippen LogP contribution < -0.4 is 4.74 Å². The molecule has 0 bridgehead atoms. The largest absolute Gasteiger partial charge is 0.573 e. The summed E-state index contributed by atoms with van der Waals surface area (Å²) in [7, 11) is 0. The van der Waals surface area contributed by atoms with Gasteiger partial charge >= 0.3 is 12.3 Å². The number of rotatable bonds is 2. The molecule has 1 N–H and O–H groups in total. The van der Waals surface area contributed by atoms with Crippen LogP contribution in [0.25, 0.3) is 0 Å². The number of aromatic carboxylic acids is 1. The molecule has 1 aromatic carbocycles. The van der Waals surface area contributed by atoms with Crippen LogP contribution in [0.4, 0.5) is 13.2 Å². The first kappa shape index (κ1) is 11.8. The summed E-state index contributed by atoms with van der Waals surface area (Å²) < 4.78 is 39.3. The first-order valence-corrected chi connectivity index (χ1v) is 4.38.